The zero-order valence-corrected chi connectivity index (χ0v) is 13.4. The smallest absolute Gasteiger partial charge is 0.320 e. The van der Waals surface area contributed by atoms with Crippen LogP contribution in [-0.2, 0) is 4.79 Å². The van der Waals surface area contributed by atoms with Crippen LogP contribution < -0.4 is 0 Å². The summed E-state index contributed by atoms with van der Waals surface area (Å²) in [5.41, 5.74) is 0. The molecule has 0 bridgehead atoms. The lowest BCUT2D eigenvalue weighted by Crippen LogP contribution is -2.49. The maximum absolute atomic E-state index is 12.7. The number of carboxylic acids is 1. The van der Waals surface area contributed by atoms with Crippen molar-refractivity contribution in [2.75, 3.05) is 19.6 Å². The number of carbonyl (C=O) groups excluding carboxylic acids is 1. The fourth-order valence-electron chi connectivity index (χ4n) is 3.84. The van der Waals surface area contributed by atoms with Gasteiger partial charge in [-0.2, -0.15) is 0 Å². The van der Waals surface area contributed by atoms with Crippen molar-refractivity contribution in [1.82, 2.24) is 9.80 Å². The average molecular weight is 296 g/mol. The lowest BCUT2D eigenvalue weighted by molar-refractivity contribution is -0.138. The van der Waals surface area contributed by atoms with Gasteiger partial charge in [0.15, 0.2) is 0 Å². The molecule has 5 heteroatoms. The second-order valence-electron chi connectivity index (χ2n) is 7.05. The Morgan fingerprint density at radius 2 is 2.00 bits per heavy atom. The molecule has 0 radical (unpaired) electrons. The second-order valence-corrected chi connectivity index (χ2v) is 7.05. The van der Waals surface area contributed by atoms with Crippen molar-refractivity contribution < 1.29 is 14.7 Å². The standard InChI is InChI=1S/C16H28N2O3/c1-11-7-13(3)18(9-11)16(21)17-6-4-5-14(10-17)12(2)8-15(19)20/h11-14H,4-10H2,1-3H3,(H,19,20). The van der Waals surface area contributed by atoms with Crippen LogP contribution in [0, 0.1) is 17.8 Å². The largest absolute Gasteiger partial charge is 0.481 e. The highest BCUT2D eigenvalue weighted by Gasteiger charge is 2.35. The minimum Gasteiger partial charge on any atom is -0.481 e. The van der Waals surface area contributed by atoms with Gasteiger partial charge in [0.25, 0.3) is 0 Å². The van der Waals surface area contributed by atoms with Crippen LogP contribution in [-0.4, -0.2) is 52.6 Å². The summed E-state index contributed by atoms with van der Waals surface area (Å²) in [4.78, 5) is 27.5. The highest BCUT2D eigenvalue weighted by molar-refractivity contribution is 5.75. The highest BCUT2D eigenvalue weighted by atomic mass is 16.4. The molecule has 5 nitrogen and oxygen atoms in total. The predicted molar refractivity (Wildman–Crippen MR) is 81.1 cm³/mol. The number of carbonyl (C=O) groups is 2. The number of amides is 2. The van der Waals surface area contributed by atoms with Gasteiger partial charge in [-0.1, -0.05) is 13.8 Å². The van der Waals surface area contributed by atoms with E-state index in [0.29, 0.717) is 24.4 Å². The molecule has 4 unspecified atom stereocenters. The summed E-state index contributed by atoms with van der Waals surface area (Å²) < 4.78 is 0. The monoisotopic (exact) mass is 296 g/mol. The fraction of sp³-hybridized carbons (Fsp3) is 0.875. The van der Waals surface area contributed by atoms with E-state index in [-0.39, 0.29) is 18.4 Å². The highest BCUT2D eigenvalue weighted by Crippen LogP contribution is 2.29. The summed E-state index contributed by atoms with van der Waals surface area (Å²) in [5, 5.41) is 8.94. The van der Waals surface area contributed by atoms with E-state index in [1.165, 1.54) is 0 Å². The zero-order valence-electron chi connectivity index (χ0n) is 13.4. The number of urea groups is 1. The molecule has 0 spiro atoms. The molecule has 2 amide bonds. The molecule has 0 saturated carbocycles. The Morgan fingerprint density at radius 3 is 2.57 bits per heavy atom. The molecule has 21 heavy (non-hydrogen) atoms. The number of rotatable bonds is 3. The van der Waals surface area contributed by atoms with Gasteiger partial charge in [0.05, 0.1) is 0 Å². The summed E-state index contributed by atoms with van der Waals surface area (Å²) in [7, 11) is 0. The van der Waals surface area contributed by atoms with Gasteiger partial charge in [-0.3, -0.25) is 4.79 Å². The van der Waals surface area contributed by atoms with Crippen molar-refractivity contribution in [3.63, 3.8) is 0 Å². The molecule has 2 heterocycles. The summed E-state index contributed by atoms with van der Waals surface area (Å²) in [6, 6.07) is 0.475. The Hall–Kier alpha value is -1.26. The van der Waals surface area contributed by atoms with Gasteiger partial charge in [0, 0.05) is 32.1 Å². The van der Waals surface area contributed by atoms with Gasteiger partial charge in [-0.25, -0.2) is 4.79 Å². The van der Waals surface area contributed by atoms with Crippen molar-refractivity contribution in [2.45, 2.75) is 52.5 Å². The molecule has 0 aromatic rings. The normalized spacial score (nSPS) is 31.3. The Labute approximate surface area is 127 Å². The van der Waals surface area contributed by atoms with Gasteiger partial charge in [0.2, 0.25) is 0 Å². The predicted octanol–water partition coefficient (Wildman–Crippen LogP) is 2.66. The molecule has 2 saturated heterocycles. The van der Waals surface area contributed by atoms with Crippen LogP contribution in [0.3, 0.4) is 0 Å². The van der Waals surface area contributed by atoms with Crippen molar-refractivity contribution in [3.05, 3.63) is 0 Å². The molecule has 120 valence electrons. The summed E-state index contributed by atoms with van der Waals surface area (Å²) in [6.07, 6.45) is 3.30. The van der Waals surface area contributed by atoms with Crippen LogP contribution in [0.4, 0.5) is 4.79 Å². The molecule has 4 atom stereocenters. The summed E-state index contributed by atoms with van der Waals surface area (Å²) >= 11 is 0. The lowest BCUT2D eigenvalue weighted by atomic mass is 9.85. The summed E-state index contributed by atoms with van der Waals surface area (Å²) in [5.74, 6) is 0.283. The molecule has 2 fully saturated rings. The van der Waals surface area contributed by atoms with E-state index in [4.69, 9.17) is 5.11 Å². The van der Waals surface area contributed by atoms with E-state index in [9.17, 15) is 9.59 Å². The van der Waals surface area contributed by atoms with E-state index in [1.807, 2.05) is 16.7 Å². The number of likely N-dealkylation sites (tertiary alicyclic amines) is 2. The Morgan fingerprint density at radius 1 is 1.29 bits per heavy atom. The number of carboxylic acid groups (broad SMARTS) is 1. The van der Waals surface area contributed by atoms with Gasteiger partial charge in [-0.15, -0.1) is 0 Å². The van der Waals surface area contributed by atoms with Gasteiger partial charge >= 0.3 is 12.0 Å². The number of nitrogens with zero attached hydrogens (tertiary/aromatic N) is 2. The van der Waals surface area contributed by atoms with Gasteiger partial charge < -0.3 is 14.9 Å². The molecule has 2 aliphatic heterocycles. The number of hydrogen-bond acceptors (Lipinski definition) is 2. The van der Waals surface area contributed by atoms with Crippen LogP contribution in [0.1, 0.15) is 46.5 Å². The lowest BCUT2D eigenvalue weighted by Gasteiger charge is -2.38. The first kappa shape index (κ1) is 16.1. The molecular formula is C16H28N2O3. The van der Waals surface area contributed by atoms with Crippen molar-refractivity contribution >= 4 is 12.0 Å². The Balaban J connectivity index is 1.94. The third-order valence-corrected chi connectivity index (χ3v) is 5.06. The maximum Gasteiger partial charge on any atom is 0.320 e. The topological polar surface area (TPSA) is 60.9 Å². The average Bonchev–Trinajstić information content (AvgIpc) is 2.76. The van der Waals surface area contributed by atoms with Crippen molar-refractivity contribution in [1.29, 1.82) is 0 Å². The van der Waals surface area contributed by atoms with Crippen molar-refractivity contribution in [2.24, 2.45) is 17.8 Å². The number of aliphatic carboxylic acids is 1. The molecule has 0 aromatic carbocycles. The fourth-order valence-corrected chi connectivity index (χ4v) is 3.84. The molecule has 2 rings (SSSR count). The minimum absolute atomic E-state index is 0.132. The number of piperidine rings is 1. The number of hydrogen-bond donors (Lipinski definition) is 1. The second kappa shape index (κ2) is 6.67. The molecule has 0 aromatic heterocycles. The van der Waals surface area contributed by atoms with Crippen LogP contribution in [0.25, 0.3) is 0 Å². The van der Waals surface area contributed by atoms with Crippen LogP contribution in [0.2, 0.25) is 0 Å². The molecule has 1 N–H and O–H groups in total. The third-order valence-electron chi connectivity index (χ3n) is 5.06. The first-order chi connectivity index (χ1) is 9.88. The third kappa shape index (κ3) is 3.89. The van der Waals surface area contributed by atoms with Crippen LogP contribution >= 0.6 is 0 Å². The van der Waals surface area contributed by atoms with Gasteiger partial charge in [0.1, 0.15) is 0 Å². The van der Waals surface area contributed by atoms with Crippen LogP contribution in [0.15, 0.2) is 0 Å². The minimum atomic E-state index is -0.743. The van der Waals surface area contributed by atoms with Gasteiger partial charge in [-0.05, 0) is 43.9 Å². The molecular weight excluding hydrogens is 268 g/mol. The SMILES string of the molecule is CC1CC(C)N(C(=O)N2CCCC(C(C)CC(=O)O)C2)C1. The Bertz CT molecular complexity index is 399. The zero-order chi connectivity index (χ0) is 15.6. The van der Waals surface area contributed by atoms with Crippen molar-refractivity contribution in [3.8, 4) is 0 Å². The van der Waals surface area contributed by atoms with E-state index < -0.39 is 5.97 Å². The Kier molecular flexibility index (Phi) is 5.12. The molecule has 0 aliphatic carbocycles. The first-order valence-corrected chi connectivity index (χ1v) is 8.15. The van der Waals surface area contributed by atoms with E-state index >= 15 is 0 Å². The molecule has 2 aliphatic rings. The van der Waals surface area contributed by atoms with E-state index in [2.05, 4.69) is 13.8 Å². The van der Waals surface area contributed by atoms with E-state index in [0.717, 1.165) is 32.4 Å². The summed E-state index contributed by atoms with van der Waals surface area (Å²) in [6.45, 7) is 8.68. The van der Waals surface area contributed by atoms with E-state index in [1.54, 1.807) is 0 Å². The maximum atomic E-state index is 12.7. The van der Waals surface area contributed by atoms with Crippen LogP contribution in [0.5, 0.6) is 0 Å². The quantitative estimate of drug-likeness (QED) is 0.871. The first-order valence-electron chi connectivity index (χ1n) is 8.15.